The Bertz CT molecular complexity index is 1070. The van der Waals surface area contributed by atoms with E-state index in [0.29, 0.717) is 36.6 Å². The van der Waals surface area contributed by atoms with Gasteiger partial charge in [0.2, 0.25) is 15.9 Å². The van der Waals surface area contributed by atoms with Gasteiger partial charge in [-0.3, -0.25) is 9.89 Å². The number of nitrogens with one attached hydrogen (secondary N) is 2. The fraction of sp³-hybridized carbons (Fsp3) is 0.300. The number of anilines is 1. The maximum absolute atomic E-state index is 12.6. The average Bonchev–Trinajstić information content (AvgIpc) is 3.49. The maximum atomic E-state index is 12.6. The number of hydrogen-bond acceptors (Lipinski definition) is 5. The fourth-order valence-electron chi connectivity index (χ4n) is 3.31. The van der Waals surface area contributed by atoms with Crippen LogP contribution < -0.4 is 5.32 Å². The Morgan fingerprint density at radius 1 is 1.17 bits per heavy atom. The summed E-state index contributed by atoms with van der Waals surface area (Å²) in [6.45, 7) is 1.18. The van der Waals surface area contributed by atoms with Gasteiger partial charge in [0.1, 0.15) is 0 Å². The molecular weight excluding hydrogens is 408 g/mol. The standard InChI is InChI=1S/C20H22N4O3S2/c25-20(21-19-14-17(22-23-19)18-4-3-13-28-18)10-7-15-5-8-16(9-6-15)29(26,27)24-11-1-2-12-24/h3-6,8-9,13-14H,1-2,7,10-12H2,(H2,21,22,23,25). The van der Waals surface area contributed by atoms with Gasteiger partial charge in [-0.25, -0.2) is 8.42 Å². The number of carbonyl (C=O) groups is 1. The normalized spacial score (nSPS) is 14.9. The lowest BCUT2D eigenvalue weighted by Gasteiger charge is -2.15. The number of thiophene rings is 1. The minimum atomic E-state index is -3.40. The highest BCUT2D eigenvalue weighted by Crippen LogP contribution is 2.24. The molecule has 29 heavy (non-hydrogen) atoms. The number of H-pyrrole nitrogens is 1. The van der Waals surface area contributed by atoms with Crippen LogP contribution in [0.15, 0.2) is 52.7 Å². The lowest BCUT2D eigenvalue weighted by Crippen LogP contribution is -2.27. The Kier molecular flexibility index (Phi) is 5.79. The molecular formula is C20H22N4O3S2. The lowest BCUT2D eigenvalue weighted by molar-refractivity contribution is -0.116. The predicted octanol–water partition coefficient (Wildman–Crippen LogP) is 3.49. The molecule has 1 aromatic carbocycles. The Morgan fingerprint density at radius 2 is 1.93 bits per heavy atom. The summed E-state index contributed by atoms with van der Waals surface area (Å²) in [6.07, 6.45) is 2.64. The van der Waals surface area contributed by atoms with Crippen molar-refractivity contribution in [2.45, 2.75) is 30.6 Å². The zero-order valence-corrected chi connectivity index (χ0v) is 17.4. The van der Waals surface area contributed by atoms with Crippen molar-refractivity contribution < 1.29 is 13.2 Å². The number of aromatic nitrogens is 2. The van der Waals surface area contributed by atoms with Gasteiger partial charge in [-0.2, -0.15) is 9.40 Å². The molecule has 2 aromatic heterocycles. The second-order valence-electron chi connectivity index (χ2n) is 6.95. The van der Waals surface area contributed by atoms with Crippen molar-refractivity contribution >= 4 is 33.1 Å². The largest absolute Gasteiger partial charge is 0.309 e. The summed E-state index contributed by atoms with van der Waals surface area (Å²) in [5.74, 6) is 0.355. The molecule has 3 aromatic rings. The van der Waals surface area contributed by atoms with Crippen LogP contribution in [0.4, 0.5) is 5.82 Å². The van der Waals surface area contributed by atoms with Gasteiger partial charge in [0, 0.05) is 25.6 Å². The zero-order chi connectivity index (χ0) is 20.3. The van der Waals surface area contributed by atoms with Gasteiger partial charge in [0.05, 0.1) is 15.5 Å². The molecule has 0 bridgehead atoms. The SMILES string of the molecule is O=C(CCc1ccc(S(=O)(=O)N2CCCC2)cc1)Nc1cc(-c2cccs2)[nH]n1. The predicted molar refractivity (Wildman–Crippen MR) is 113 cm³/mol. The summed E-state index contributed by atoms with van der Waals surface area (Å²) in [4.78, 5) is 13.6. The van der Waals surface area contributed by atoms with Gasteiger partial charge in [-0.05, 0) is 48.4 Å². The van der Waals surface area contributed by atoms with Crippen molar-refractivity contribution in [3.63, 3.8) is 0 Å². The number of nitrogens with zero attached hydrogens (tertiary/aromatic N) is 2. The molecule has 0 spiro atoms. The van der Waals surface area contributed by atoms with Crippen LogP contribution in [0.5, 0.6) is 0 Å². The fourth-order valence-corrected chi connectivity index (χ4v) is 5.52. The quantitative estimate of drug-likeness (QED) is 0.600. The molecule has 0 radical (unpaired) electrons. The number of rotatable bonds is 7. The molecule has 1 amide bonds. The molecule has 0 atom stereocenters. The van der Waals surface area contributed by atoms with Crippen molar-refractivity contribution in [1.82, 2.24) is 14.5 Å². The Labute approximate surface area is 173 Å². The molecule has 7 nitrogen and oxygen atoms in total. The van der Waals surface area contributed by atoms with Crippen LogP contribution in [-0.2, 0) is 21.2 Å². The lowest BCUT2D eigenvalue weighted by atomic mass is 10.1. The zero-order valence-electron chi connectivity index (χ0n) is 15.8. The molecule has 2 N–H and O–H groups in total. The van der Waals surface area contributed by atoms with E-state index >= 15 is 0 Å². The highest BCUT2D eigenvalue weighted by atomic mass is 32.2. The molecule has 0 aliphatic carbocycles. The van der Waals surface area contributed by atoms with E-state index in [2.05, 4.69) is 15.5 Å². The molecule has 3 heterocycles. The van der Waals surface area contributed by atoms with Gasteiger partial charge in [-0.1, -0.05) is 18.2 Å². The summed E-state index contributed by atoms with van der Waals surface area (Å²) in [6, 6.07) is 12.6. The first-order valence-electron chi connectivity index (χ1n) is 9.50. The van der Waals surface area contributed by atoms with E-state index in [9.17, 15) is 13.2 Å². The molecule has 1 fully saturated rings. The van der Waals surface area contributed by atoms with E-state index in [1.54, 1.807) is 35.6 Å². The number of hydrogen-bond donors (Lipinski definition) is 2. The molecule has 1 aliphatic heterocycles. The number of carbonyl (C=O) groups excluding carboxylic acids is 1. The van der Waals surface area contributed by atoms with Crippen molar-refractivity contribution in [3.05, 3.63) is 53.4 Å². The highest BCUT2D eigenvalue weighted by molar-refractivity contribution is 7.89. The van der Waals surface area contributed by atoms with Crippen LogP contribution in [0.1, 0.15) is 24.8 Å². The van der Waals surface area contributed by atoms with Crippen LogP contribution in [0.2, 0.25) is 0 Å². The number of benzene rings is 1. The van der Waals surface area contributed by atoms with Crippen molar-refractivity contribution in [3.8, 4) is 10.6 Å². The molecule has 4 rings (SSSR count). The topological polar surface area (TPSA) is 95.2 Å². The minimum Gasteiger partial charge on any atom is -0.309 e. The maximum Gasteiger partial charge on any atom is 0.243 e. The van der Waals surface area contributed by atoms with Gasteiger partial charge < -0.3 is 5.32 Å². The molecule has 1 saturated heterocycles. The summed E-state index contributed by atoms with van der Waals surface area (Å²) in [5, 5.41) is 11.8. The average molecular weight is 431 g/mol. The molecule has 152 valence electrons. The number of aryl methyl sites for hydroxylation is 1. The number of sulfonamides is 1. The van der Waals surface area contributed by atoms with E-state index in [1.807, 2.05) is 23.6 Å². The summed E-state index contributed by atoms with van der Waals surface area (Å²) < 4.78 is 26.6. The number of amides is 1. The first kappa shape index (κ1) is 19.8. The van der Waals surface area contributed by atoms with Crippen molar-refractivity contribution in [2.24, 2.45) is 0 Å². The Balaban J connectivity index is 1.31. The third kappa shape index (κ3) is 4.58. The van der Waals surface area contributed by atoms with E-state index in [0.717, 1.165) is 29.0 Å². The van der Waals surface area contributed by atoms with Gasteiger partial charge >= 0.3 is 0 Å². The van der Waals surface area contributed by atoms with Gasteiger partial charge in [-0.15, -0.1) is 11.3 Å². The second kappa shape index (κ2) is 8.48. The third-order valence-electron chi connectivity index (χ3n) is 4.90. The molecule has 9 heteroatoms. The minimum absolute atomic E-state index is 0.136. The van der Waals surface area contributed by atoms with Crippen LogP contribution in [0, 0.1) is 0 Å². The Hall–Kier alpha value is -2.49. The van der Waals surface area contributed by atoms with E-state index in [1.165, 1.54) is 4.31 Å². The van der Waals surface area contributed by atoms with Gasteiger partial charge in [0.15, 0.2) is 5.82 Å². The van der Waals surface area contributed by atoms with Gasteiger partial charge in [0.25, 0.3) is 0 Å². The Morgan fingerprint density at radius 3 is 2.62 bits per heavy atom. The molecule has 0 saturated carbocycles. The van der Waals surface area contributed by atoms with E-state index in [4.69, 9.17) is 0 Å². The third-order valence-corrected chi connectivity index (χ3v) is 7.71. The summed E-state index contributed by atoms with van der Waals surface area (Å²) in [5.41, 5.74) is 1.78. The van der Waals surface area contributed by atoms with Crippen LogP contribution >= 0.6 is 11.3 Å². The van der Waals surface area contributed by atoms with Crippen LogP contribution in [0.25, 0.3) is 10.6 Å². The monoisotopic (exact) mass is 430 g/mol. The number of aromatic amines is 1. The van der Waals surface area contributed by atoms with E-state index in [-0.39, 0.29) is 5.91 Å². The first-order valence-corrected chi connectivity index (χ1v) is 11.8. The van der Waals surface area contributed by atoms with Crippen molar-refractivity contribution in [1.29, 1.82) is 0 Å². The second-order valence-corrected chi connectivity index (χ2v) is 9.83. The van der Waals surface area contributed by atoms with Crippen molar-refractivity contribution in [2.75, 3.05) is 18.4 Å². The highest BCUT2D eigenvalue weighted by Gasteiger charge is 2.26. The smallest absolute Gasteiger partial charge is 0.243 e. The molecule has 1 aliphatic rings. The van der Waals surface area contributed by atoms with Crippen LogP contribution in [-0.4, -0.2) is 41.9 Å². The summed E-state index contributed by atoms with van der Waals surface area (Å²) in [7, 11) is -3.40. The summed E-state index contributed by atoms with van der Waals surface area (Å²) >= 11 is 1.60. The molecule has 0 unspecified atom stereocenters. The van der Waals surface area contributed by atoms with E-state index < -0.39 is 10.0 Å². The van der Waals surface area contributed by atoms with Crippen LogP contribution in [0.3, 0.4) is 0 Å². The first-order chi connectivity index (χ1) is 14.0.